The molecule has 0 aliphatic heterocycles. The molecule has 5 nitrogen and oxygen atoms in total. The van der Waals surface area contributed by atoms with Crippen molar-refractivity contribution in [2.75, 3.05) is 24.2 Å². The van der Waals surface area contributed by atoms with E-state index in [1.807, 2.05) is 86.6 Å². The van der Waals surface area contributed by atoms with Crippen molar-refractivity contribution in [1.29, 1.82) is 0 Å². The third kappa shape index (κ3) is 5.58. The Hall–Kier alpha value is -3.44. The Labute approximate surface area is 184 Å². The van der Waals surface area contributed by atoms with E-state index in [4.69, 9.17) is 0 Å². The number of rotatable bonds is 7. The molecule has 0 bridgehead atoms. The summed E-state index contributed by atoms with van der Waals surface area (Å²) in [5.74, 6) is -0.314. The molecule has 1 atom stereocenters. The first-order valence-electron chi connectivity index (χ1n) is 10.4. The molecule has 0 radical (unpaired) electrons. The Bertz CT molecular complexity index is 1060. The summed E-state index contributed by atoms with van der Waals surface area (Å²) in [6.45, 7) is 5.90. The van der Waals surface area contributed by atoms with E-state index in [9.17, 15) is 9.59 Å². The first kappa shape index (κ1) is 22.2. The third-order valence-corrected chi connectivity index (χ3v) is 5.58. The van der Waals surface area contributed by atoms with Crippen molar-refractivity contribution in [3.63, 3.8) is 0 Å². The van der Waals surface area contributed by atoms with Crippen molar-refractivity contribution in [3.8, 4) is 11.1 Å². The lowest BCUT2D eigenvalue weighted by Crippen LogP contribution is -2.43. The molecule has 0 spiro atoms. The smallest absolute Gasteiger partial charge is 0.241 e. The SMILES string of the molecule is Cc1cccc(NC(=O)CN(C)[C@H](C)C(=O)Nc2ccccc2-c2ccccc2)c1C. The van der Waals surface area contributed by atoms with Gasteiger partial charge < -0.3 is 10.6 Å². The first-order valence-corrected chi connectivity index (χ1v) is 10.4. The summed E-state index contributed by atoms with van der Waals surface area (Å²) >= 11 is 0. The maximum Gasteiger partial charge on any atom is 0.241 e. The van der Waals surface area contributed by atoms with Gasteiger partial charge in [-0.15, -0.1) is 0 Å². The number of nitrogens with zero attached hydrogens (tertiary/aromatic N) is 1. The topological polar surface area (TPSA) is 61.4 Å². The monoisotopic (exact) mass is 415 g/mol. The highest BCUT2D eigenvalue weighted by Crippen LogP contribution is 2.27. The van der Waals surface area contributed by atoms with Crippen LogP contribution in [0.3, 0.4) is 0 Å². The molecule has 160 valence electrons. The number of nitrogens with one attached hydrogen (secondary N) is 2. The van der Waals surface area contributed by atoms with E-state index in [0.717, 1.165) is 33.6 Å². The number of benzene rings is 3. The van der Waals surface area contributed by atoms with Crippen LogP contribution >= 0.6 is 0 Å². The number of carbonyl (C=O) groups excluding carboxylic acids is 2. The Balaban J connectivity index is 1.64. The van der Waals surface area contributed by atoms with Gasteiger partial charge in [0.2, 0.25) is 11.8 Å². The largest absolute Gasteiger partial charge is 0.325 e. The van der Waals surface area contributed by atoms with Crippen molar-refractivity contribution in [3.05, 3.63) is 83.9 Å². The van der Waals surface area contributed by atoms with Crippen LogP contribution in [0.1, 0.15) is 18.1 Å². The van der Waals surface area contributed by atoms with E-state index in [1.165, 1.54) is 0 Å². The molecule has 0 aromatic heterocycles. The molecule has 0 saturated carbocycles. The predicted molar refractivity (Wildman–Crippen MR) is 127 cm³/mol. The minimum atomic E-state index is -0.479. The van der Waals surface area contributed by atoms with Gasteiger partial charge in [0.25, 0.3) is 0 Å². The predicted octanol–water partition coefficient (Wildman–Crippen LogP) is 4.87. The zero-order valence-corrected chi connectivity index (χ0v) is 18.5. The molecule has 0 aliphatic rings. The Morgan fingerprint density at radius 2 is 1.48 bits per heavy atom. The fraction of sp³-hybridized carbons (Fsp3) is 0.231. The van der Waals surface area contributed by atoms with Crippen LogP contribution in [-0.4, -0.2) is 36.3 Å². The lowest BCUT2D eigenvalue weighted by molar-refractivity contribution is -0.122. The molecule has 0 aliphatic carbocycles. The minimum Gasteiger partial charge on any atom is -0.325 e. The van der Waals surface area contributed by atoms with E-state index in [1.54, 1.807) is 18.9 Å². The first-order chi connectivity index (χ1) is 14.9. The van der Waals surface area contributed by atoms with Crippen LogP contribution in [0, 0.1) is 13.8 Å². The van der Waals surface area contributed by atoms with Gasteiger partial charge in [-0.05, 0) is 56.6 Å². The summed E-state index contributed by atoms with van der Waals surface area (Å²) in [6.07, 6.45) is 0. The molecular weight excluding hydrogens is 386 g/mol. The van der Waals surface area contributed by atoms with Gasteiger partial charge in [-0.25, -0.2) is 0 Å². The van der Waals surface area contributed by atoms with E-state index < -0.39 is 6.04 Å². The zero-order valence-electron chi connectivity index (χ0n) is 18.5. The maximum absolute atomic E-state index is 12.9. The van der Waals surface area contributed by atoms with Gasteiger partial charge in [-0.3, -0.25) is 14.5 Å². The van der Waals surface area contributed by atoms with Gasteiger partial charge in [0, 0.05) is 16.9 Å². The van der Waals surface area contributed by atoms with E-state index in [2.05, 4.69) is 10.6 Å². The number of likely N-dealkylation sites (N-methyl/N-ethyl adjacent to an activating group) is 1. The fourth-order valence-corrected chi connectivity index (χ4v) is 3.34. The fourth-order valence-electron chi connectivity index (χ4n) is 3.34. The van der Waals surface area contributed by atoms with Gasteiger partial charge in [0.05, 0.1) is 12.6 Å². The van der Waals surface area contributed by atoms with Crippen LogP contribution in [0.2, 0.25) is 0 Å². The second-order valence-corrected chi connectivity index (χ2v) is 7.79. The third-order valence-electron chi connectivity index (χ3n) is 5.58. The number of amides is 2. The summed E-state index contributed by atoms with van der Waals surface area (Å²) in [7, 11) is 1.77. The Morgan fingerprint density at radius 3 is 2.23 bits per heavy atom. The van der Waals surface area contributed by atoms with Crippen LogP contribution in [-0.2, 0) is 9.59 Å². The van der Waals surface area contributed by atoms with Crippen molar-refractivity contribution >= 4 is 23.2 Å². The van der Waals surface area contributed by atoms with Crippen LogP contribution in [0.5, 0.6) is 0 Å². The number of para-hydroxylation sites is 1. The molecule has 3 rings (SSSR count). The van der Waals surface area contributed by atoms with Crippen molar-refractivity contribution in [2.24, 2.45) is 0 Å². The highest BCUT2D eigenvalue weighted by atomic mass is 16.2. The average molecular weight is 416 g/mol. The number of hydrogen-bond donors (Lipinski definition) is 2. The molecule has 0 fully saturated rings. The molecule has 2 N–H and O–H groups in total. The molecule has 5 heteroatoms. The van der Waals surface area contributed by atoms with E-state index >= 15 is 0 Å². The highest BCUT2D eigenvalue weighted by molar-refractivity contribution is 5.99. The van der Waals surface area contributed by atoms with Crippen LogP contribution in [0.4, 0.5) is 11.4 Å². The molecule has 2 amide bonds. The van der Waals surface area contributed by atoms with Gasteiger partial charge in [0.15, 0.2) is 0 Å². The Kier molecular flexibility index (Phi) is 7.21. The van der Waals surface area contributed by atoms with Gasteiger partial charge in [-0.1, -0.05) is 60.7 Å². The lowest BCUT2D eigenvalue weighted by atomic mass is 10.0. The normalized spacial score (nSPS) is 11.8. The summed E-state index contributed by atoms with van der Waals surface area (Å²) in [6, 6.07) is 23.0. The average Bonchev–Trinajstić information content (AvgIpc) is 2.77. The van der Waals surface area contributed by atoms with Crippen LogP contribution in [0.15, 0.2) is 72.8 Å². The molecule has 3 aromatic carbocycles. The zero-order chi connectivity index (χ0) is 22.4. The minimum absolute atomic E-state index is 0.113. The quantitative estimate of drug-likeness (QED) is 0.579. The van der Waals surface area contributed by atoms with Crippen molar-refractivity contribution < 1.29 is 9.59 Å². The molecule has 3 aromatic rings. The number of aryl methyl sites for hydroxylation is 1. The van der Waals surface area contributed by atoms with Crippen LogP contribution in [0.25, 0.3) is 11.1 Å². The van der Waals surface area contributed by atoms with Gasteiger partial charge >= 0.3 is 0 Å². The number of carbonyl (C=O) groups is 2. The van der Waals surface area contributed by atoms with Crippen LogP contribution < -0.4 is 10.6 Å². The number of hydrogen-bond acceptors (Lipinski definition) is 3. The summed E-state index contributed by atoms with van der Waals surface area (Å²) in [5, 5.41) is 5.96. The molecule has 0 saturated heterocycles. The van der Waals surface area contributed by atoms with Crippen molar-refractivity contribution in [1.82, 2.24) is 4.90 Å². The second-order valence-electron chi connectivity index (χ2n) is 7.79. The summed E-state index contributed by atoms with van der Waals surface area (Å²) in [4.78, 5) is 27.2. The molecule has 0 heterocycles. The van der Waals surface area contributed by atoms with E-state index in [0.29, 0.717) is 0 Å². The standard InChI is InChI=1S/C26H29N3O2/c1-18-11-10-16-23(19(18)2)27-25(30)17-29(4)20(3)26(31)28-24-15-9-8-14-22(24)21-12-6-5-7-13-21/h5-16,20H,17H2,1-4H3,(H,27,30)(H,28,31)/t20-/m1/s1. The van der Waals surface area contributed by atoms with E-state index in [-0.39, 0.29) is 18.4 Å². The molecule has 31 heavy (non-hydrogen) atoms. The van der Waals surface area contributed by atoms with Gasteiger partial charge in [0.1, 0.15) is 0 Å². The summed E-state index contributed by atoms with van der Waals surface area (Å²) in [5.41, 5.74) is 5.70. The Morgan fingerprint density at radius 1 is 0.839 bits per heavy atom. The molecule has 0 unspecified atom stereocenters. The lowest BCUT2D eigenvalue weighted by Gasteiger charge is -2.24. The summed E-state index contributed by atoms with van der Waals surface area (Å²) < 4.78 is 0. The second kappa shape index (κ2) is 10.0. The molecular formula is C26H29N3O2. The van der Waals surface area contributed by atoms with Gasteiger partial charge in [-0.2, -0.15) is 0 Å². The maximum atomic E-state index is 12.9. The van der Waals surface area contributed by atoms with Crippen molar-refractivity contribution in [2.45, 2.75) is 26.8 Å². The number of anilines is 2. The highest BCUT2D eigenvalue weighted by Gasteiger charge is 2.21.